The van der Waals surface area contributed by atoms with Crippen LogP contribution in [-0.4, -0.2) is 7.05 Å². The van der Waals surface area contributed by atoms with Gasteiger partial charge >= 0.3 is 0 Å². The molecule has 3 rings (SSSR count). The number of fused-ring (bicyclic) bond motifs is 1. The molecule has 1 aliphatic rings. The van der Waals surface area contributed by atoms with Gasteiger partial charge in [-0.1, -0.05) is 18.2 Å². The minimum Gasteiger partial charge on any atom is -0.312 e. The smallest absolute Gasteiger partial charge is 0.0390 e. The molecule has 1 aromatic heterocycles. The summed E-state index contributed by atoms with van der Waals surface area (Å²) in [5.41, 5.74) is 5.89. The number of nitrogens with one attached hydrogen (secondary N) is 1. The molecule has 2 heteroatoms. The summed E-state index contributed by atoms with van der Waals surface area (Å²) in [6.45, 7) is 4.47. The molecule has 106 valence electrons. The van der Waals surface area contributed by atoms with Gasteiger partial charge < -0.3 is 5.32 Å². The van der Waals surface area contributed by atoms with Crippen molar-refractivity contribution in [3.63, 3.8) is 0 Å². The maximum absolute atomic E-state index is 3.59. The molecule has 0 fully saturated rings. The quantitative estimate of drug-likeness (QED) is 0.858. The molecule has 1 aliphatic carbocycles. The Morgan fingerprint density at radius 1 is 1.25 bits per heavy atom. The van der Waals surface area contributed by atoms with Crippen LogP contribution >= 0.6 is 11.3 Å². The summed E-state index contributed by atoms with van der Waals surface area (Å²) in [7, 11) is 2.10. The first-order valence-electron chi connectivity index (χ1n) is 7.52. The lowest BCUT2D eigenvalue weighted by Gasteiger charge is -2.32. The summed E-state index contributed by atoms with van der Waals surface area (Å²) in [5, 5.41) is 5.85. The molecule has 2 atom stereocenters. The van der Waals surface area contributed by atoms with Gasteiger partial charge in [-0.3, -0.25) is 0 Å². The maximum Gasteiger partial charge on any atom is 0.0390 e. The van der Waals surface area contributed by atoms with Crippen LogP contribution in [0.1, 0.15) is 51.9 Å². The highest BCUT2D eigenvalue weighted by Crippen LogP contribution is 2.43. The third kappa shape index (κ3) is 2.32. The summed E-state index contributed by atoms with van der Waals surface area (Å²) < 4.78 is 0. The summed E-state index contributed by atoms with van der Waals surface area (Å²) in [6, 6.07) is 9.48. The summed E-state index contributed by atoms with van der Waals surface area (Å²) >= 11 is 1.93. The lowest BCUT2D eigenvalue weighted by molar-refractivity contribution is 0.426. The molecule has 20 heavy (non-hydrogen) atoms. The van der Waals surface area contributed by atoms with Gasteiger partial charge in [0.05, 0.1) is 0 Å². The first-order chi connectivity index (χ1) is 9.72. The van der Waals surface area contributed by atoms with E-state index in [2.05, 4.69) is 55.9 Å². The third-order valence-corrected chi connectivity index (χ3v) is 5.79. The van der Waals surface area contributed by atoms with Gasteiger partial charge in [0.1, 0.15) is 0 Å². The highest BCUT2D eigenvalue weighted by Gasteiger charge is 2.29. The van der Waals surface area contributed by atoms with Crippen molar-refractivity contribution < 1.29 is 0 Å². The fraction of sp³-hybridized carbons (Fsp3) is 0.444. The van der Waals surface area contributed by atoms with Crippen LogP contribution in [-0.2, 0) is 6.42 Å². The van der Waals surface area contributed by atoms with Crippen molar-refractivity contribution in [1.82, 2.24) is 5.32 Å². The summed E-state index contributed by atoms with van der Waals surface area (Å²) in [6.07, 6.45) is 3.89. The van der Waals surface area contributed by atoms with Gasteiger partial charge in [0.15, 0.2) is 0 Å². The third-order valence-electron chi connectivity index (χ3n) is 4.79. The fourth-order valence-electron chi connectivity index (χ4n) is 3.55. The van der Waals surface area contributed by atoms with Gasteiger partial charge in [-0.15, -0.1) is 11.3 Å². The minimum absolute atomic E-state index is 0.434. The van der Waals surface area contributed by atoms with Crippen LogP contribution in [0.15, 0.2) is 29.6 Å². The van der Waals surface area contributed by atoms with Crippen LogP contribution in [0.5, 0.6) is 0 Å². The SMILES string of the molecule is CNC(c1cccc(C)c1C)C1CCCc2sccc21. The highest BCUT2D eigenvalue weighted by molar-refractivity contribution is 7.10. The number of thiophene rings is 1. The van der Waals surface area contributed by atoms with Gasteiger partial charge in [-0.25, -0.2) is 0 Å². The molecule has 0 bridgehead atoms. The second-order valence-electron chi connectivity index (χ2n) is 5.85. The Morgan fingerprint density at radius 2 is 2.10 bits per heavy atom. The normalized spacial score (nSPS) is 19.6. The Balaban J connectivity index is 2.02. The van der Waals surface area contributed by atoms with Gasteiger partial charge in [0.25, 0.3) is 0 Å². The molecular formula is C18H23NS. The average Bonchev–Trinajstić information content (AvgIpc) is 2.93. The van der Waals surface area contributed by atoms with Crippen molar-refractivity contribution in [2.24, 2.45) is 0 Å². The Hall–Kier alpha value is -1.12. The standard InChI is InChI=1S/C18H23NS/c1-12-6-4-7-14(13(12)2)18(19-3)16-8-5-9-17-15(16)10-11-20-17/h4,6-7,10-11,16,18-19H,5,8-9H2,1-3H3. The summed E-state index contributed by atoms with van der Waals surface area (Å²) in [5.74, 6) is 0.621. The number of rotatable bonds is 3. The van der Waals surface area contributed by atoms with Gasteiger partial charge in [-0.05, 0) is 73.9 Å². The van der Waals surface area contributed by atoms with Crippen molar-refractivity contribution in [2.75, 3.05) is 7.05 Å². The van der Waals surface area contributed by atoms with Crippen LogP contribution in [0.4, 0.5) is 0 Å². The monoisotopic (exact) mass is 285 g/mol. The molecule has 0 spiro atoms. The van der Waals surface area contributed by atoms with Crippen molar-refractivity contribution in [3.8, 4) is 0 Å². The van der Waals surface area contributed by atoms with Gasteiger partial charge in [0.2, 0.25) is 0 Å². The number of benzene rings is 1. The fourth-order valence-corrected chi connectivity index (χ4v) is 4.55. The Labute approximate surface area is 126 Å². The maximum atomic E-state index is 3.59. The zero-order chi connectivity index (χ0) is 14.1. The second-order valence-corrected chi connectivity index (χ2v) is 6.85. The zero-order valence-electron chi connectivity index (χ0n) is 12.6. The van der Waals surface area contributed by atoms with E-state index in [1.54, 1.807) is 10.4 Å². The number of hydrogen-bond donors (Lipinski definition) is 1. The molecule has 1 heterocycles. The van der Waals surface area contributed by atoms with Crippen molar-refractivity contribution in [1.29, 1.82) is 0 Å². The zero-order valence-corrected chi connectivity index (χ0v) is 13.4. The lowest BCUT2D eigenvalue weighted by Crippen LogP contribution is -2.26. The van der Waals surface area contributed by atoms with E-state index in [0.717, 1.165) is 0 Å². The Morgan fingerprint density at radius 3 is 2.90 bits per heavy atom. The van der Waals surface area contributed by atoms with Crippen LogP contribution < -0.4 is 5.32 Å². The molecule has 1 nitrogen and oxygen atoms in total. The van der Waals surface area contributed by atoms with E-state index in [1.807, 2.05) is 11.3 Å². The van der Waals surface area contributed by atoms with Crippen molar-refractivity contribution in [2.45, 2.75) is 45.1 Å². The molecule has 1 N–H and O–H groups in total. The predicted octanol–water partition coefficient (Wildman–Crippen LogP) is 4.75. The highest BCUT2D eigenvalue weighted by atomic mass is 32.1. The molecule has 0 radical (unpaired) electrons. The van der Waals surface area contributed by atoms with Crippen molar-refractivity contribution in [3.05, 3.63) is 56.8 Å². The van der Waals surface area contributed by atoms with E-state index >= 15 is 0 Å². The van der Waals surface area contributed by atoms with Crippen molar-refractivity contribution >= 4 is 11.3 Å². The largest absolute Gasteiger partial charge is 0.312 e. The molecular weight excluding hydrogens is 262 g/mol. The molecule has 2 aromatic rings. The minimum atomic E-state index is 0.434. The Bertz CT molecular complexity index is 599. The number of aryl methyl sites for hydroxylation is 2. The molecule has 0 aliphatic heterocycles. The second kappa shape index (κ2) is 5.71. The van der Waals surface area contributed by atoms with E-state index in [9.17, 15) is 0 Å². The van der Waals surface area contributed by atoms with Crippen LogP contribution in [0.3, 0.4) is 0 Å². The molecule has 0 amide bonds. The first kappa shape index (κ1) is 13.8. The predicted molar refractivity (Wildman–Crippen MR) is 87.7 cm³/mol. The Kier molecular flexibility index (Phi) is 3.95. The number of likely N-dealkylation sites (N-methyl/N-ethyl adjacent to an activating group) is 1. The van der Waals surface area contributed by atoms with E-state index in [0.29, 0.717) is 12.0 Å². The molecule has 0 saturated carbocycles. The van der Waals surface area contributed by atoms with Gasteiger partial charge in [-0.2, -0.15) is 0 Å². The average molecular weight is 285 g/mol. The topological polar surface area (TPSA) is 12.0 Å². The first-order valence-corrected chi connectivity index (χ1v) is 8.40. The van der Waals surface area contributed by atoms with E-state index < -0.39 is 0 Å². The lowest BCUT2D eigenvalue weighted by atomic mass is 9.78. The van der Waals surface area contributed by atoms with Crippen LogP contribution in [0.2, 0.25) is 0 Å². The van der Waals surface area contributed by atoms with Gasteiger partial charge in [0, 0.05) is 16.8 Å². The molecule has 2 unspecified atom stereocenters. The van der Waals surface area contributed by atoms with E-state index in [4.69, 9.17) is 0 Å². The molecule has 1 aromatic carbocycles. The van der Waals surface area contributed by atoms with E-state index in [-0.39, 0.29) is 0 Å². The van der Waals surface area contributed by atoms with Crippen LogP contribution in [0.25, 0.3) is 0 Å². The van der Waals surface area contributed by atoms with E-state index in [1.165, 1.54) is 36.0 Å². The summed E-state index contributed by atoms with van der Waals surface area (Å²) in [4.78, 5) is 1.60. The van der Waals surface area contributed by atoms with Crippen LogP contribution in [0, 0.1) is 13.8 Å². The molecule has 0 saturated heterocycles. The number of hydrogen-bond acceptors (Lipinski definition) is 2.